The second kappa shape index (κ2) is 12.1. The SMILES string of the molecule is O=C(O)NC1CCN(S(=O)(=O)CCCCCCNc2cccc3c2C(=O)N(C2CCC(=O)NC2=O)C3=O)CC1. The van der Waals surface area contributed by atoms with E-state index in [9.17, 15) is 32.4 Å². The molecule has 2 saturated heterocycles. The van der Waals surface area contributed by atoms with Crippen molar-refractivity contribution >= 4 is 45.4 Å². The maximum absolute atomic E-state index is 13.1. The number of sulfonamides is 1. The molecule has 0 aromatic heterocycles. The lowest BCUT2D eigenvalue weighted by molar-refractivity contribution is -0.136. The molecule has 0 aliphatic carbocycles. The van der Waals surface area contributed by atoms with Gasteiger partial charge < -0.3 is 15.7 Å². The number of carbonyl (C=O) groups is 5. The molecule has 1 aromatic carbocycles. The van der Waals surface area contributed by atoms with Crippen molar-refractivity contribution in [3.8, 4) is 0 Å². The standard InChI is InChI=1S/C25H33N5O8S/c31-20-9-8-19(22(32)28-20)30-23(33)17-6-5-7-18(21(17)24(30)34)26-12-3-1-2-4-15-39(37,38)29-13-10-16(11-14-29)27-25(35)36/h5-7,16,19,26-27H,1-4,8-15H2,(H,35,36)(H,28,31,32). The van der Waals surface area contributed by atoms with Crippen molar-refractivity contribution in [3.05, 3.63) is 29.3 Å². The van der Waals surface area contributed by atoms with E-state index in [1.807, 2.05) is 0 Å². The molecule has 0 radical (unpaired) electrons. The van der Waals surface area contributed by atoms with Crippen molar-refractivity contribution < 1.29 is 37.5 Å². The Bertz CT molecular complexity index is 1260. The van der Waals surface area contributed by atoms with Gasteiger partial charge in [0.1, 0.15) is 6.04 Å². The van der Waals surface area contributed by atoms with Crippen LogP contribution in [0.25, 0.3) is 0 Å². The Balaban J connectivity index is 1.21. The average molecular weight is 564 g/mol. The zero-order valence-corrected chi connectivity index (χ0v) is 22.3. The van der Waals surface area contributed by atoms with Gasteiger partial charge in [0.05, 0.1) is 16.9 Å². The van der Waals surface area contributed by atoms with Gasteiger partial charge in [-0.15, -0.1) is 0 Å². The number of hydrogen-bond acceptors (Lipinski definition) is 8. The average Bonchev–Trinajstić information content (AvgIpc) is 3.14. The number of fused-ring (bicyclic) bond motifs is 1. The minimum atomic E-state index is -3.39. The normalized spacial score (nSPS) is 20.6. The van der Waals surface area contributed by atoms with E-state index in [1.54, 1.807) is 12.1 Å². The minimum Gasteiger partial charge on any atom is -0.465 e. The van der Waals surface area contributed by atoms with Gasteiger partial charge in [0.25, 0.3) is 11.8 Å². The molecule has 1 atom stereocenters. The van der Waals surface area contributed by atoms with E-state index in [1.165, 1.54) is 10.4 Å². The Labute approximate surface area is 226 Å². The molecular formula is C25H33N5O8S. The number of nitrogens with one attached hydrogen (secondary N) is 3. The van der Waals surface area contributed by atoms with E-state index >= 15 is 0 Å². The van der Waals surface area contributed by atoms with E-state index in [-0.39, 0.29) is 35.8 Å². The second-order valence-corrected chi connectivity index (χ2v) is 12.0. The minimum absolute atomic E-state index is 0.0381. The molecule has 0 saturated carbocycles. The summed E-state index contributed by atoms with van der Waals surface area (Å²) in [5, 5.41) is 16.6. The Kier molecular flexibility index (Phi) is 8.85. The maximum Gasteiger partial charge on any atom is 0.404 e. The molecule has 14 heteroatoms. The first kappa shape index (κ1) is 28.5. The Morgan fingerprint density at radius 1 is 1.00 bits per heavy atom. The van der Waals surface area contributed by atoms with Gasteiger partial charge in [-0.05, 0) is 44.2 Å². The number of benzene rings is 1. The molecule has 3 aliphatic rings. The number of hydrogen-bond donors (Lipinski definition) is 4. The van der Waals surface area contributed by atoms with Crippen LogP contribution in [0, 0.1) is 0 Å². The molecule has 5 amide bonds. The first-order valence-electron chi connectivity index (χ1n) is 13.1. The fourth-order valence-electron chi connectivity index (χ4n) is 5.23. The smallest absolute Gasteiger partial charge is 0.404 e. The monoisotopic (exact) mass is 563 g/mol. The number of carbonyl (C=O) groups excluding carboxylic acids is 4. The number of piperidine rings is 2. The van der Waals surface area contributed by atoms with Crippen LogP contribution in [0.5, 0.6) is 0 Å². The Morgan fingerprint density at radius 2 is 1.72 bits per heavy atom. The van der Waals surface area contributed by atoms with Gasteiger partial charge in [0.2, 0.25) is 21.8 Å². The molecule has 1 aromatic rings. The zero-order chi connectivity index (χ0) is 28.2. The molecule has 1 unspecified atom stereocenters. The zero-order valence-electron chi connectivity index (χ0n) is 21.5. The van der Waals surface area contributed by atoms with Crippen molar-refractivity contribution in [2.75, 3.05) is 30.7 Å². The Morgan fingerprint density at radius 3 is 2.41 bits per heavy atom. The summed E-state index contributed by atoms with van der Waals surface area (Å²) in [6.45, 7) is 1.12. The number of imide groups is 2. The summed E-state index contributed by atoms with van der Waals surface area (Å²) < 4.78 is 26.6. The summed E-state index contributed by atoms with van der Waals surface area (Å²) in [5.74, 6) is -2.17. The Hall–Kier alpha value is -3.52. The molecule has 4 rings (SSSR count). The number of anilines is 1. The molecule has 3 aliphatic heterocycles. The van der Waals surface area contributed by atoms with E-state index in [0.29, 0.717) is 51.0 Å². The number of nitrogens with zero attached hydrogens (tertiary/aromatic N) is 2. The fourth-order valence-corrected chi connectivity index (χ4v) is 6.82. The summed E-state index contributed by atoms with van der Waals surface area (Å²) >= 11 is 0. The predicted molar refractivity (Wildman–Crippen MR) is 140 cm³/mol. The third-order valence-electron chi connectivity index (χ3n) is 7.29. The molecule has 2 fully saturated rings. The molecule has 212 valence electrons. The summed E-state index contributed by atoms with van der Waals surface area (Å²) in [6, 6.07) is 3.65. The molecule has 39 heavy (non-hydrogen) atoms. The van der Waals surface area contributed by atoms with E-state index in [0.717, 1.165) is 17.7 Å². The van der Waals surface area contributed by atoms with Gasteiger partial charge in [-0.25, -0.2) is 17.5 Å². The quantitative estimate of drug-likeness (QED) is 0.226. The maximum atomic E-state index is 13.1. The van der Waals surface area contributed by atoms with Crippen LogP contribution >= 0.6 is 0 Å². The second-order valence-electron chi connectivity index (χ2n) is 9.96. The lowest BCUT2D eigenvalue weighted by Crippen LogP contribution is -2.54. The van der Waals surface area contributed by atoms with E-state index in [4.69, 9.17) is 5.11 Å². The molecular weight excluding hydrogens is 530 g/mol. The van der Waals surface area contributed by atoms with Crippen molar-refractivity contribution in [2.45, 2.75) is 63.5 Å². The first-order chi connectivity index (χ1) is 18.6. The van der Waals surface area contributed by atoms with E-state index in [2.05, 4.69) is 16.0 Å². The number of unbranched alkanes of at least 4 members (excludes halogenated alkanes) is 3. The van der Waals surface area contributed by atoms with Crippen molar-refractivity contribution in [2.24, 2.45) is 0 Å². The van der Waals surface area contributed by atoms with Crippen LogP contribution in [0.3, 0.4) is 0 Å². The van der Waals surface area contributed by atoms with Crippen molar-refractivity contribution in [3.63, 3.8) is 0 Å². The first-order valence-corrected chi connectivity index (χ1v) is 14.7. The van der Waals surface area contributed by atoms with Crippen LogP contribution in [0.1, 0.15) is 72.1 Å². The summed E-state index contributed by atoms with van der Waals surface area (Å²) in [4.78, 5) is 61.4. The lowest BCUT2D eigenvalue weighted by atomic mass is 10.0. The van der Waals surface area contributed by atoms with Crippen LogP contribution in [0.4, 0.5) is 10.5 Å². The lowest BCUT2D eigenvalue weighted by Gasteiger charge is -2.31. The van der Waals surface area contributed by atoms with Crippen molar-refractivity contribution in [1.82, 2.24) is 19.8 Å². The van der Waals surface area contributed by atoms with Crippen LogP contribution < -0.4 is 16.0 Å². The van der Waals surface area contributed by atoms with Gasteiger partial charge in [0, 0.05) is 37.8 Å². The molecule has 13 nitrogen and oxygen atoms in total. The summed E-state index contributed by atoms with van der Waals surface area (Å²) in [5.41, 5.74) is 0.910. The van der Waals surface area contributed by atoms with Gasteiger partial charge >= 0.3 is 6.09 Å². The number of rotatable bonds is 11. The van der Waals surface area contributed by atoms with Crippen LogP contribution in [-0.2, 0) is 19.6 Å². The van der Waals surface area contributed by atoms with Gasteiger partial charge in [-0.1, -0.05) is 18.9 Å². The van der Waals surface area contributed by atoms with Crippen LogP contribution in [0.2, 0.25) is 0 Å². The third-order valence-corrected chi connectivity index (χ3v) is 9.24. The fraction of sp³-hybridized carbons (Fsp3) is 0.560. The van der Waals surface area contributed by atoms with Crippen molar-refractivity contribution in [1.29, 1.82) is 0 Å². The molecule has 0 bridgehead atoms. The molecule has 3 heterocycles. The van der Waals surface area contributed by atoms with Gasteiger partial charge in [-0.3, -0.25) is 29.4 Å². The molecule has 4 N–H and O–H groups in total. The highest BCUT2D eigenvalue weighted by molar-refractivity contribution is 7.89. The third kappa shape index (κ3) is 6.56. The topological polar surface area (TPSA) is 182 Å². The van der Waals surface area contributed by atoms with E-state index < -0.39 is 45.8 Å². The number of carboxylic acid groups (broad SMARTS) is 1. The largest absolute Gasteiger partial charge is 0.465 e. The van der Waals surface area contributed by atoms with Crippen LogP contribution in [0.15, 0.2) is 18.2 Å². The highest BCUT2D eigenvalue weighted by atomic mass is 32.2. The summed E-state index contributed by atoms with van der Waals surface area (Å²) in [7, 11) is -3.39. The summed E-state index contributed by atoms with van der Waals surface area (Å²) in [6.07, 6.45) is 2.65. The van der Waals surface area contributed by atoms with Gasteiger partial charge in [-0.2, -0.15) is 0 Å². The molecule has 0 spiro atoms. The highest BCUT2D eigenvalue weighted by Crippen LogP contribution is 2.32. The van der Waals surface area contributed by atoms with Gasteiger partial charge in [0.15, 0.2) is 0 Å². The predicted octanol–water partition coefficient (Wildman–Crippen LogP) is 1.12. The number of amides is 5. The highest BCUT2D eigenvalue weighted by Gasteiger charge is 2.45. The van der Waals surface area contributed by atoms with Crippen LogP contribution in [-0.4, -0.2) is 89.9 Å².